The zero-order valence-electron chi connectivity index (χ0n) is 16.8. The molecule has 4 rings (SSSR count). The van der Waals surface area contributed by atoms with Crippen LogP contribution in [0.15, 0.2) is 18.2 Å². The quantitative estimate of drug-likeness (QED) is 0.798. The number of carbonyl (C=O) groups excluding carboxylic acids is 3. The Morgan fingerprint density at radius 1 is 1.21 bits per heavy atom. The first-order chi connectivity index (χ1) is 14.0. The number of fused-ring (bicyclic) bond motifs is 2. The van der Waals surface area contributed by atoms with E-state index in [-0.39, 0.29) is 41.9 Å². The lowest BCUT2D eigenvalue weighted by atomic mass is 9.94. The first kappa shape index (κ1) is 19.7. The van der Waals surface area contributed by atoms with Gasteiger partial charge in [0.2, 0.25) is 11.8 Å². The van der Waals surface area contributed by atoms with E-state index in [2.05, 4.69) is 10.6 Å². The highest BCUT2D eigenvalue weighted by atomic mass is 16.5. The molecule has 0 spiro atoms. The van der Waals surface area contributed by atoms with E-state index >= 15 is 0 Å². The summed E-state index contributed by atoms with van der Waals surface area (Å²) < 4.78 is 12.0. The summed E-state index contributed by atoms with van der Waals surface area (Å²) in [6.45, 7) is 0.299. The van der Waals surface area contributed by atoms with Crippen LogP contribution in [0.5, 0.6) is 5.75 Å². The number of nitrogens with zero attached hydrogens (tertiary/aromatic N) is 1. The number of likely N-dealkylation sites (N-methyl/N-ethyl adjacent to an activating group) is 1. The lowest BCUT2D eigenvalue weighted by Gasteiger charge is -2.42. The Morgan fingerprint density at radius 2 is 2.00 bits per heavy atom. The maximum atomic E-state index is 13.1. The van der Waals surface area contributed by atoms with E-state index in [9.17, 15) is 14.4 Å². The molecule has 1 saturated heterocycles. The van der Waals surface area contributed by atoms with E-state index in [1.807, 2.05) is 0 Å². The zero-order chi connectivity index (χ0) is 20.5. The molecule has 0 unspecified atom stereocenters. The van der Waals surface area contributed by atoms with Gasteiger partial charge in [-0.3, -0.25) is 14.4 Å². The number of rotatable bonds is 4. The van der Waals surface area contributed by atoms with Gasteiger partial charge >= 0.3 is 0 Å². The predicted molar refractivity (Wildman–Crippen MR) is 106 cm³/mol. The number of nitrogens with one attached hydrogen (secondary N) is 2. The lowest BCUT2D eigenvalue weighted by Crippen LogP contribution is -2.53. The number of amides is 3. The summed E-state index contributed by atoms with van der Waals surface area (Å²) in [5, 5.41) is 5.50. The van der Waals surface area contributed by atoms with E-state index in [0.717, 1.165) is 19.3 Å². The van der Waals surface area contributed by atoms with Gasteiger partial charge in [0.15, 0.2) is 0 Å². The maximum Gasteiger partial charge on any atom is 0.257 e. The van der Waals surface area contributed by atoms with Crippen LogP contribution >= 0.6 is 0 Å². The molecule has 1 aromatic carbocycles. The van der Waals surface area contributed by atoms with Crippen LogP contribution in [0.2, 0.25) is 0 Å². The summed E-state index contributed by atoms with van der Waals surface area (Å²) in [6.07, 6.45) is 3.12. The Balaban J connectivity index is 1.51. The van der Waals surface area contributed by atoms with Gasteiger partial charge in [-0.1, -0.05) is 0 Å². The molecule has 3 aliphatic rings. The van der Waals surface area contributed by atoms with Crippen molar-refractivity contribution in [3.05, 3.63) is 23.8 Å². The predicted octanol–water partition coefficient (Wildman–Crippen LogP) is 1.55. The number of anilines is 1. The van der Waals surface area contributed by atoms with E-state index in [1.54, 1.807) is 37.2 Å². The standard InChI is InChI=1S/C21H27N3O5/c1-22-19(25)10-14-6-7-16-18(29-14)11-28-17-8-5-13(23-20(26)12-3-4-12)9-15(17)21(27)24(16)2/h5,8-9,12,14,16,18H,3-4,6-7,10-11H2,1-2H3,(H,22,25)(H,23,26)/t14-,16+,18-/m1/s1. The van der Waals surface area contributed by atoms with Gasteiger partial charge in [0.1, 0.15) is 18.5 Å². The molecule has 3 amide bonds. The van der Waals surface area contributed by atoms with Crippen molar-refractivity contribution in [2.75, 3.05) is 26.0 Å². The molecule has 2 heterocycles. The molecule has 1 aliphatic carbocycles. The normalized spacial score (nSPS) is 26.3. The van der Waals surface area contributed by atoms with Crippen LogP contribution in [0.1, 0.15) is 42.5 Å². The van der Waals surface area contributed by atoms with Crippen molar-refractivity contribution in [1.29, 1.82) is 0 Å². The Morgan fingerprint density at radius 3 is 2.72 bits per heavy atom. The lowest BCUT2D eigenvalue weighted by molar-refractivity contribution is -0.133. The molecule has 8 heteroatoms. The van der Waals surface area contributed by atoms with Crippen LogP contribution in [0, 0.1) is 5.92 Å². The van der Waals surface area contributed by atoms with Crippen LogP contribution in [-0.4, -0.2) is 61.6 Å². The summed E-state index contributed by atoms with van der Waals surface area (Å²) in [6, 6.07) is 5.03. The van der Waals surface area contributed by atoms with Crippen molar-refractivity contribution in [1.82, 2.24) is 10.2 Å². The van der Waals surface area contributed by atoms with Crippen molar-refractivity contribution in [3.63, 3.8) is 0 Å². The van der Waals surface area contributed by atoms with Crippen LogP contribution in [-0.2, 0) is 14.3 Å². The topological polar surface area (TPSA) is 97.0 Å². The maximum absolute atomic E-state index is 13.1. The number of ether oxygens (including phenoxy) is 2. The molecule has 8 nitrogen and oxygen atoms in total. The Bertz CT molecular complexity index is 823. The summed E-state index contributed by atoms with van der Waals surface area (Å²) in [5.41, 5.74) is 1.04. The van der Waals surface area contributed by atoms with Crippen molar-refractivity contribution in [2.45, 2.75) is 50.4 Å². The first-order valence-corrected chi connectivity index (χ1v) is 10.2. The van der Waals surface area contributed by atoms with E-state index in [4.69, 9.17) is 9.47 Å². The van der Waals surface area contributed by atoms with E-state index in [0.29, 0.717) is 36.4 Å². The Hall–Kier alpha value is -2.61. The molecule has 0 aromatic heterocycles. The Labute approximate surface area is 169 Å². The monoisotopic (exact) mass is 401 g/mol. The van der Waals surface area contributed by atoms with Crippen molar-refractivity contribution in [2.24, 2.45) is 5.92 Å². The highest BCUT2D eigenvalue weighted by Crippen LogP contribution is 2.34. The van der Waals surface area contributed by atoms with Gasteiger partial charge in [-0.2, -0.15) is 0 Å². The average molecular weight is 401 g/mol. The molecule has 0 bridgehead atoms. The second-order valence-electron chi connectivity index (χ2n) is 8.02. The molecule has 1 aromatic rings. The number of benzene rings is 1. The fourth-order valence-electron chi connectivity index (χ4n) is 4.00. The van der Waals surface area contributed by atoms with Crippen LogP contribution in [0.25, 0.3) is 0 Å². The molecule has 0 radical (unpaired) electrons. The Kier molecular flexibility index (Phi) is 5.45. The van der Waals surface area contributed by atoms with Crippen LogP contribution in [0.4, 0.5) is 5.69 Å². The van der Waals surface area contributed by atoms with E-state index in [1.165, 1.54) is 0 Å². The summed E-state index contributed by atoms with van der Waals surface area (Å²) in [5.74, 6) is 0.345. The van der Waals surface area contributed by atoms with Crippen molar-refractivity contribution in [3.8, 4) is 5.75 Å². The van der Waals surface area contributed by atoms with Crippen molar-refractivity contribution < 1.29 is 23.9 Å². The third kappa shape index (κ3) is 4.22. The third-order valence-electron chi connectivity index (χ3n) is 5.92. The van der Waals surface area contributed by atoms with Gasteiger partial charge in [-0.15, -0.1) is 0 Å². The smallest absolute Gasteiger partial charge is 0.257 e. The molecular weight excluding hydrogens is 374 g/mol. The molecular formula is C21H27N3O5. The summed E-state index contributed by atoms with van der Waals surface area (Å²) >= 11 is 0. The van der Waals surface area contributed by atoms with Gasteiger partial charge in [-0.05, 0) is 43.9 Å². The molecule has 156 valence electrons. The molecule has 2 aliphatic heterocycles. The van der Waals surface area contributed by atoms with Gasteiger partial charge in [0.25, 0.3) is 5.91 Å². The van der Waals surface area contributed by atoms with Crippen LogP contribution in [0.3, 0.4) is 0 Å². The number of carbonyl (C=O) groups is 3. The highest BCUT2D eigenvalue weighted by Gasteiger charge is 2.39. The fraction of sp³-hybridized carbons (Fsp3) is 0.571. The summed E-state index contributed by atoms with van der Waals surface area (Å²) in [7, 11) is 3.38. The van der Waals surface area contributed by atoms with Gasteiger partial charge in [0, 0.05) is 25.7 Å². The molecule has 2 N–H and O–H groups in total. The molecule has 29 heavy (non-hydrogen) atoms. The molecule has 3 atom stereocenters. The largest absolute Gasteiger partial charge is 0.490 e. The van der Waals surface area contributed by atoms with Gasteiger partial charge < -0.3 is 25.0 Å². The van der Waals surface area contributed by atoms with Gasteiger partial charge in [-0.25, -0.2) is 0 Å². The number of hydrogen-bond donors (Lipinski definition) is 2. The average Bonchev–Trinajstić information content (AvgIpc) is 3.56. The second-order valence-corrected chi connectivity index (χ2v) is 8.02. The first-order valence-electron chi connectivity index (χ1n) is 10.2. The molecule has 2 fully saturated rings. The second kappa shape index (κ2) is 8.02. The van der Waals surface area contributed by atoms with Crippen molar-refractivity contribution >= 4 is 23.4 Å². The minimum absolute atomic E-state index is 0.000388. The fourth-order valence-corrected chi connectivity index (χ4v) is 4.00. The SMILES string of the molecule is CNC(=O)C[C@H]1CC[C@H]2[C@@H](COc3ccc(NC(=O)C4CC4)cc3C(=O)N2C)O1. The molecule has 1 saturated carbocycles. The minimum Gasteiger partial charge on any atom is -0.490 e. The summed E-state index contributed by atoms with van der Waals surface area (Å²) in [4.78, 5) is 38.6. The third-order valence-corrected chi connectivity index (χ3v) is 5.92. The minimum atomic E-state index is -0.297. The van der Waals surface area contributed by atoms with Gasteiger partial charge in [0.05, 0.1) is 24.1 Å². The zero-order valence-corrected chi connectivity index (χ0v) is 16.8. The highest BCUT2D eigenvalue weighted by molar-refractivity contribution is 6.00. The van der Waals surface area contributed by atoms with E-state index < -0.39 is 0 Å². The number of hydrogen-bond acceptors (Lipinski definition) is 5. The van der Waals surface area contributed by atoms with Crippen LogP contribution < -0.4 is 15.4 Å².